The monoisotopic (exact) mass is 455 g/mol. The first-order chi connectivity index (χ1) is 15.2. The Hall–Kier alpha value is -3.20. The molecule has 32 heavy (non-hydrogen) atoms. The first-order valence-electron chi connectivity index (χ1n) is 10.1. The maximum atomic E-state index is 13.8. The van der Waals surface area contributed by atoms with Gasteiger partial charge in [0.25, 0.3) is 5.91 Å². The summed E-state index contributed by atoms with van der Waals surface area (Å²) in [6.45, 7) is 7.70. The van der Waals surface area contributed by atoms with Crippen LogP contribution in [0.25, 0.3) is 0 Å². The van der Waals surface area contributed by atoms with Gasteiger partial charge in [-0.25, -0.2) is 4.39 Å². The molecule has 3 aromatic rings. The maximum absolute atomic E-state index is 13.8. The van der Waals surface area contributed by atoms with Crippen molar-refractivity contribution in [3.05, 3.63) is 70.3 Å². The lowest BCUT2D eigenvalue weighted by atomic mass is 10.1. The van der Waals surface area contributed by atoms with Gasteiger partial charge in [0.15, 0.2) is 11.0 Å². The molecule has 0 aliphatic carbocycles. The van der Waals surface area contributed by atoms with Gasteiger partial charge in [-0.1, -0.05) is 41.6 Å². The van der Waals surface area contributed by atoms with Crippen molar-refractivity contribution in [2.45, 2.75) is 38.9 Å². The number of nitrogens with zero attached hydrogens (tertiary/aromatic N) is 3. The maximum Gasteiger partial charge on any atom is 0.254 e. The van der Waals surface area contributed by atoms with Gasteiger partial charge in [-0.05, 0) is 51.0 Å². The van der Waals surface area contributed by atoms with Crippen LogP contribution in [0.1, 0.15) is 45.8 Å². The quantitative estimate of drug-likeness (QED) is 0.524. The van der Waals surface area contributed by atoms with E-state index in [0.29, 0.717) is 11.0 Å². The fraction of sp³-hybridized carbons (Fsp3) is 0.304. The van der Waals surface area contributed by atoms with Gasteiger partial charge in [-0.2, -0.15) is 0 Å². The summed E-state index contributed by atoms with van der Waals surface area (Å²) in [5, 5.41) is 14.5. The van der Waals surface area contributed by atoms with Gasteiger partial charge in [0.05, 0.1) is 17.4 Å². The summed E-state index contributed by atoms with van der Waals surface area (Å²) < 4.78 is 15.6. The van der Waals surface area contributed by atoms with Crippen molar-refractivity contribution >= 4 is 29.3 Å². The molecule has 0 aliphatic heterocycles. The number of hydrogen-bond donors (Lipinski definition) is 2. The number of thioether (sulfide) groups is 1. The normalized spacial score (nSPS) is 11.8. The SMILES string of the molecule is Cc1cc(C)c(NC(=O)CSc2nnc(C(C)NC(=O)c3ccccc3F)n2C)c(C)c1. The smallest absolute Gasteiger partial charge is 0.254 e. The number of carbonyl (C=O) groups is 2. The molecule has 2 N–H and O–H groups in total. The third kappa shape index (κ3) is 5.34. The average molecular weight is 456 g/mol. The van der Waals surface area contributed by atoms with E-state index in [1.807, 2.05) is 32.9 Å². The highest BCUT2D eigenvalue weighted by atomic mass is 32.2. The summed E-state index contributed by atoms with van der Waals surface area (Å²) in [6.07, 6.45) is 0. The van der Waals surface area contributed by atoms with Crippen LogP contribution in [0.2, 0.25) is 0 Å². The molecule has 3 rings (SSSR count). The Bertz CT molecular complexity index is 1140. The van der Waals surface area contributed by atoms with E-state index in [9.17, 15) is 14.0 Å². The number of rotatable bonds is 7. The zero-order chi connectivity index (χ0) is 23.4. The van der Waals surface area contributed by atoms with Crippen molar-refractivity contribution in [1.29, 1.82) is 0 Å². The van der Waals surface area contributed by atoms with E-state index < -0.39 is 17.8 Å². The second kappa shape index (κ2) is 9.95. The number of nitrogens with one attached hydrogen (secondary N) is 2. The Morgan fingerprint density at radius 1 is 1.12 bits per heavy atom. The van der Waals surface area contributed by atoms with Crippen molar-refractivity contribution < 1.29 is 14.0 Å². The Morgan fingerprint density at radius 2 is 1.78 bits per heavy atom. The van der Waals surface area contributed by atoms with E-state index in [1.165, 1.54) is 30.0 Å². The largest absolute Gasteiger partial charge is 0.342 e. The van der Waals surface area contributed by atoms with Gasteiger partial charge >= 0.3 is 0 Å². The molecule has 0 aliphatic rings. The Kier molecular flexibility index (Phi) is 7.29. The molecule has 0 saturated heterocycles. The molecule has 168 valence electrons. The molecule has 0 bridgehead atoms. The molecule has 1 unspecified atom stereocenters. The van der Waals surface area contributed by atoms with Crippen molar-refractivity contribution in [3.8, 4) is 0 Å². The molecule has 0 fully saturated rings. The molecule has 7 nitrogen and oxygen atoms in total. The molecule has 2 aromatic carbocycles. The number of benzene rings is 2. The number of anilines is 1. The molecule has 9 heteroatoms. The fourth-order valence-electron chi connectivity index (χ4n) is 3.50. The van der Waals surface area contributed by atoms with Crippen LogP contribution in [-0.2, 0) is 11.8 Å². The first kappa shape index (κ1) is 23.5. The zero-order valence-corrected chi connectivity index (χ0v) is 19.5. The second-order valence-corrected chi connectivity index (χ2v) is 8.63. The van der Waals surface area contributed by atoms with E-state index in [4.69, 9.17) is 0 Å². The third-order valence-electron chi connectivity index (χ3n) is 5.00. The molecule has 0 saturated carbocycles. The van der Waals surface area contributed by atoms with Gasteiger partial charge < -0.3 is 15.2 Å². The number of hydrogen-bond acceptors (Lipinski definition) is 5. The Balaban J connectivity index is 1.61. The summed E-state index contributed by atoms with van der Waals surface area (Å²) in [6, 6.07) is 9.35. The van der Waals surface area contributed by atoms with Crippen molar-refractivity contribution in [2.24, 2.45) is 7.05 Å². The van der Waals surface area contributed by atoms with E-state index >= 15 is 0 Å². The lowest BCUT2D eigenvalue weighted by Gasteiger charge is -2.14. The summed E-state index contributed by atoms with van der Waals surface area (Å²) in [5.41, 5.74) is 3.97. The van der Waals surface area contributed by atoms with Gasteiger partial charge in [0.2, 0.25) is 5.91 Å². The number of amides is 2. The van der Waals surface area contributed by atoms with Crippen LogP contribution >= 0.6 is 11.8 Å². The highest BCUT2D eigenvalue weighted by molar-refractivity contribution is 7.99. The van der Waals surface area contributed by atoms with Gasteiger partial charge in [-0.3, -0.25) is 9.59 Å². The second-order valence-electron chi connectivity index (χ2n) is 7.69. The highest BCUT2D eigenvalue weighted by Gasteiger charge is 2.20. The molecule has 1 atom stereocenters. The van der Waals surface area contributed by atoms with Crippen LogP contribution in [0.5, 0.6) is 0 Å². The fourth-order valence-corrected chi connectivity index (χ4v) is 4.21. The minimum absolute atomic E-state index is 0.0329. The lowest BCUT2D eigenvalue weighted by molar-refractivity contribution is -0.113. The molecule has 1 heterocycles. The van der Waals surface area contributed by atoms with Gasteiger partial charge in [0.1, 0.15) is 5.82 Å². The molecular formula is C23H26FN5O2S. The molecule has 0 radical (unpaired) electrons. The molecular weight excluding hydrogens is 429 g/mol. The van der Waals surface area contributed by atoms with Crippen LogP contribution < -0.4 is 10.6 Å². The molecule has 1 aromatic heterocycles. The van der Waals surface area contributed by atoms with Crippen LogP contribution in [0.4, 0.5) is 10.1 Å². The van der Waals surface area contributed by atoms with Gasteiger partial charge in [-0.15, -0.1) is 10.2 Å². The van der Waals surface area contributed by atoms with Crippen LogP contribution in [0.15, 0.2) is 41.6 Å². The Labute approximate surface area is 190 Å². The van der Waals surface area contributed by atoms with E-state index in [0.717, 1.165) is 22.4 Å². The predicted octanol–water partition coefficient (Wildman–Crippen LogP) is 4.10. The number of aromatic nitrogens is 3. The van der Waals surface area contributed by atoms with Crippen molar-refractivity contribution in [2.75, 3.05) is 11.1 Å². The standard InChI is InChI=1S/C23H26FN5O2S/c1-13-10-14(2)20(15(3)11-13)26-19(30)12-32-23-28-27-21(29(23)5)16(4)25-22(31)17-8-6-7-9-18(17)24/h6-11,16H,12H2,1-5H3,(H,25,31)(H,26,30). The van der Waals surface area contributed by atoms with Crippen LogP contribution in [0, 0.1) is 26.6 Å². The van der Waals surface area contributed by atoms with Crippen molar-refractivity contribution in [1.82, 2.24) is 20.1 Å². The summed E-state index contributed by atoms with van der Waals surface area (Å²) >= 11 is 1.25. The number of halogens is 1. The zero-order valence-electron chi connectivity index (χ0n) is 18.7. The third-order valence-corrected chi connectivity index (χ3v) is 6.02. The van der Waals surface area contributed by atoms with Crippen LogP contribution in [0.3, 0.4) is 0 Å². The number of aryl methyl sites for hydroxylation is 3. The van der Waals surface area contributed by atoms with Gasteiger partial charge in [0, 0.05) is 12.7 Å². The summed E-state index contributed by atoms with van der Waals surface area (Å²) in [4.78, 5) is 24.8. The predicted molar refractivity (Wildman–Crippen MR) is 123 cm³/mol. The Morgan fingerprint density at radius 3 is 2.44 bits per heavy atom. The van der Waals surface area contributed by atoms with E-state index in [1.54, 1.807) is 24.6 Å². The minimum atomic E-state index is -0.587. The first-order valence-corrected chi connectivity index (χ1v) is 11.1. The molecule has 0 spiro atoms. The minimum Gasteiger partial charge on any atom is -0.342 e. The van der Waals surface area contributed by atoms with E-state index in [2.05, 4.69) is 20.8 Å². The van der Waals surface area contributed by atoms with Crippen molar-refractivity contribution in [3.63, 3.8) is 0 Å². The topological polar surface area (TPSA) is 88.9 Å². The summed E-state index contributed by atoms with van der Waals surface area (Å²) in [5.74, 6) is -0.597. The molecule has 2 amide bonds. The van der Waals surface area contributed by atoms with Crippen LogP contribution in [-0.4, -0.2) is 32.3 Å². The average Bonchev–Trinajstić information content (AvgIpc) is 3.09. The lowest BCUT2D eigenvalue weighted by Crippen LogP contribution is -2.29. The number of carbonyl (C=O) groups excluding carboxylic acids is 2. The van der Waals surface area contributed by atoms with E-state index in [-0.39, 0.29) is 17.2 Å². The highest BCUT2D eigenvalue weighted by Crippen LogP contribution is 2.24. The summed E-state index contributed by atoms with van der Waals surface area (Å²) in [7, 11) is 1.76.